The van der Waals surface area contributed by atoms with Gasteiger partial charge in [0.25, 0.3) is 0 Å². The third kappa shape index (κ3) is 5.40. The van der Waals surface area contributed by atoms with Crippen molar-refractivity contribution in [2.75, 3.05) is 19.6 Å². The van der Waals surface area contributed by atoms with E-state index in [0.717, 1.165) is 36.5 Å². The minimum Gasteiger partial charge on any atom is -0.356 e. The van der Waals surface area contributed by atoms with Crippen molar-refractivity contribution in [3.05, 3.63) is 34.3 Å². The summed E-state index contributed by atoms with van der Waals surface area (Å²) in [6.45, 7) is 2.89. The second-order valence-corrected chi connectivity index (χ2v) is 5.08. The first-order chi connectivity index (χ1) is 8.34. The Morgan fingerprint density at radius 3 is 2.78 bits per heavy atom. The van der Waals surface area contributed by atoms with Gasteiger partial charge in [0.1, 0.15) is 0 Å². The van der Waals surface area contributed by atoms with E-state index in [-0.39, 0.29) is 17.0 Å². The highest BCUT2D eigenvalue weighted by Crippen LogP contribution is 2.10. The summed E-state index contributed by atoms with van der Waals surface area (Å²) >= 11 is 3.44. The molecule has 0 aromatic heterocycles. The zero-order valence-electron chi connectivity index (χ0n) is 10.3. The van der Waals surface area contributed by atoms with Gasteiger partial charge in [-0.05, 0) is 37.0 Å². The van der Waals surface area contributed by atoms with Gasteiger partial charge in [-0.3, -0.25) is 4.99 Å². The molecule has 0 aliphatic carbocycles. The Balaban J connectivity index is 0.00000162. The highest BCUT2D eigenvalue weighted by atomic mass is 79.9. The van der Waals surface area contributed by atoms with Crippen molar-refractivity contribution in [2.45, 2.75) is 19.3 Å². The van der Waals surface area contributed by atoms with E-state index >= 15 is 0 Å². The van der Waals surface area contributed by atoms with Gasteiger partial charge in [0.2, 0.25) is 0 Å². The molecule has 0 atom stereocenters. The molecule has 0 fully saturated rings. The topological polar surface area (TPSA) is 36.4 Å². The predicted molar refractivity (Wildman–Crippen MR) is 85.7 cm³/mol. The van der Waals surface area contributed by atoms with Crippen LogP contribution < -0.4 is 10.6 Å². The standard InChI is InChI=1S/C13H18BrN3.BrH/c14-12-5-3-11(4-6-12)7-10-17-13-15-8-1-2-9-16-13;/h3-6H,1-2,7-10H2,(H2,15,16,17);1H. The fraction of sp³-hybridized carbons (Fsp3) is 0.462. The van der Waals surface area contributed by atoms with Crippen LogP contribution in [0.3, 0.4) is 0 Å². The number of guanidine groups is 1. The van der Waals surface area contributed by atoms with Crippen molar-refractivity contribution >= 4 is 38.9 Å². The lowest BCUT2D eigenvalue weighted by Gasteiger charge is -2.09. The molecule has 1 heterocycles. The molecule has 0 bridgehead atoms. The maximum Gasteiger partial charge on any atom is 0.191 e. The molecular weight excluding hydrogens is 358 g/mol. The molecule has 0 saturated heterocycles. The summed E-state index contributed by atoms with van der Waals surface area (Å²) in [4.78, 5) is 4.46. The van der Waals surface area contributed by atoms with Crippen LogP contribution in [0.4, 0.5) is 0 Å². The van der Waals surface area contributed by atoms with Gasteiger partial charge in [0, 0.05) is 24.1 Å². The van der Waals surface area contributed by atoms with Crippen LogP contribution in [0.1, 0.15) is 18.4 Å². The van der Waals surface area contributed by atoms with Crippen LogP contribution in [-0.2, 0) is 6.42 Å². The molecule has 0 saturated carbocycles. The van der Waals surface area contributed by atoms with Crippen LogP contribution in [0.15, 0.2) is 33.7 Å². The molecule has 1 aromatic rings. The second-order valence-electron chi connectivity index (χ2n) is 4.17. The van der Waals surface area contributed by atoms with Gasteiger partial charge in [-0.1, -0.05) is 28.1 Å². The number of nitrogens with one attached hydrogen (secondary N) is 2. The molecule has 3 nitrogen and oxygen atoms in total. The zero-order chi connectivity index (χ0) is 11.9. The Labute approximate surface area is 127 Å². The van der Waals surface area contributed by atoms with Gasteiger partial charge < -0.3 is 10.6 Å². The molecule has 0 radical (unpaired) electrons. The Morgan fingerprint density at radius 1 is 1.22 bits per heavy atom. The first kappa shape index (κ1) is 15.5. The number of hydrogen-bond acceptors (Lipinski definition) is 3. The van der Waals surface area contributed by atoms with E-state index in [1.807, 2.05) is 0 Å². The molecule has 0 spiro atoms. The average molecular weight is 377 g/mol. The highest BCUT2D eigenvalue weighted by molar-refractivity contribution is 9.10. The highest BCUT2D eigenvalue weighted by Gasteiger charge is 2.01. The molecule has 2 rings (SSSR count). The first-order valence-corrected chi connectivity index (χ1v) is 6.90. The van der Waals surface area contributed by atoms with Gasteiger partial charge in [0.05, 0.1) is 0 Å². The second kappa shape index (κ2) is 8.53. The number of nitrogens with zero attached hydrogens (tertiary/aromatic N) is 1. The van der Waals surface area contributed by atoms with E-state index in [1.165, 1.54) is 18.4 Å². The van der Waals surface area contributed by atoms with Crippen molar-refractivity contribution in [2.24, 2.45) is 4.99 Å². The van der Waals surface area contributed by atoms with Crippen molar-refractivity contribution < 1.29 is 0 Å². The molecule has 100 valence electrons. The lowest BCUT2D eigenvalue weighted by atomic mass is 10.1. The minimum absolute atomic E-state index is 0. The number of aliphatic imine (C=N–C) groups is 1. The maximum absolute atomic E-state index is 4.46. The summed E-state index contributed by atoms with van der Waals surface area (Å²) in [6.07, 6.45) is 3.42. The molecule has 2 N–H and O–H groups in total. The van der Waals surface area contributed by atoms with Crippen LogP contribution in [0.5, 0.6) is 0 Å². The van der Waals surface area contributed by atoms with Gasteiger partial charge >= 0.3 is 0 Å². The Bertz CT molecular complexity index is 376. The van der Waals surface area contributed by atoms with Crippen molar-refractivity contribution in [3.8, 4) is 0 Å². The third-order valence-corrected chi connectivity index (χ3v) is 3.30. The lowest BCUT2D eigenvalue weighted by Crippen LogP contribution is -2.38. The number of hydrogen-bond donors (Lipinski definition) is 2. The number of halogens is 2. The molecule has 1 aliphatic rings. The summed E-state index contributed by atoms with van der Waals surface area (Å²) in [7, 11) is 0. The van der Waals surface area contributed by atoms with E-state index in [0.29, 0.717) is 0 Å². The largest absolute Gasteiger partial charge is 0.356 e. The monoisotopic (exact) mass is 375 g/mol. The summed E-state index contributed by atoms with van der Waals surface area (Å²) in [5.41, 5.74) is 1.34. The van der Waals surface area contributed by atoms with Gasteiger partial charge in [0.15, 0.2) is 5.96 Å². The van der Waals surface area contributed by atoms with Crippen molar-refractivity contribution in [1.29, 1.82) is 0 Å². The summed E-state index contributed by atoms with van der Waals surface area (Å²) < 4.78 is 1.13. The SMILES string of the molecule is Br.Brc1ccc(CCNC2=NCCCCN2)cc1. The minimum atomic E-state index is 0. The van der Waals surface area contributed by atoms with Gasteiger partial charge in [-0.15, -0.1) is 17.0 Å². The Hall–Kier alpha value is -0.550. The van der Waals surface area contributed by atoms with Gasteiger partial charge in [-0.2, -0.15) is 0 Å². The molecule has 5 heteroatoms. The van der Waals surface area contributed by atoms with E-state index in [9.17, 15) is 0 Å². The molecule has 0 unspecified atom stereocenters. The van der Waals surface area contributed by atoms with Crippen LogP contribution in [0.25, 0.3) is 0 Å². The van der Waals surface area contributed by atoms with Crippen LogP contribution in [0, 0.1) is 0 Å². The van der Waals surface area contributed by atoms with Crippen LogP contribution >= 0.6 is 32.9 Å². The van der Waals surface area contributed by atoms with Crippen molar-refractivity contribution in [1.82, 2.24) is 10.6 Å². The van der Waals surface area contributed by atoms with E-state index in [1.54, 1.807) is 0 Å². The van der Waals surface area contributed by atoms with Crippen molar-refractivity contribution in [3.63, 3.8) is 0 Å². The normalized spacial score (nSPS) is 14.8. The summed E-state index contributed by atoms with van der Waals surface area (Å²) in [5, 5.41) is 6.66. The predicted octanol–water partition coefficient (Wildman–Crippen LogP) is 2.90. The van der Waals surface area contributed by atoms with Crippen LogP contribution in [0.2, 0.25) is 0 Å². The van der Waals surface area contributed by atoms with E-state index in [2.05, 4.69) is 55.8 Å². The van der Waals surface area contributed by atoms with Crippen LogP contribution in [-0.4, -0.2) is 25.6 Å². The lowest BCUT2D eigenvalue weighted by molar-refractivity contribution is 0.741. The maximum atomic E-state index is 4.46. The smallest absolute Gasteiger partial charge is 0.191 e. The first-order valence-electron chi connectivity index (χ1n) is 6.11. The zero-order valence-corrected chi connectivity index (χ0v) is 13.6. The molecular formula is C13H19Br2N3. The fourth-order valence-corrected chi connectivity index (χ4v) is 2.05. The molecule has 1 aromatic carbocycles. The van der Waals surface area contributed by atoms with Gasteiger partial charge in [-0.25, -0.2) is 0 Å². The molecule has 0 amide bonds. The number of rotatable bonds is 3. The van der Waals surface area contributed by atoms with E-state index < -0.39 is 0 Å². The third-order valence-electron chi connectivity index (χ3n) is 2.77. The average Bonchev–Trinajstić information content (AvgIpc) is 2.60. The quantitative estimate of drug-likeness (QED) is 0.850. The Kier molecular flexibility index (Phi) is 7.35. The number of benzene rings is 1. The molecule has 18 heavy (non-hydrogen) atoms. The fourth-order valence-electron chi connectivity index (χ4n) is 1.79. The molecule has 1 aliphatic heterocycles. The summed E-state index contributed by atoms with van der Waals surface area (Å²) in [5.74, 6) is 0.958. The summed E-state index contributed by atoms with van der Waals surface area (Å²) in [6, 6.07) is 8.45. The van der Waals surface area contributed by atoms with E-state index in [4.69, 9.17) is 0 Å². The Morgan fingerprint density at radius 2 is 2.00 bits per heavy atom.